The van der Waals surface area contributed by atoms with Gasteiger partial charge in [-0.2, -0.15) is 0 Å². The third-order valence-corrected chi connectivity index (χ3v) is 5.60. The summed E-state index contributed by atoms with van der Waals surface area (Å²) in [5.41, 5.74) is 3.07. The fourth-order valence-electron chi connectivity index (χ4n) is 4.04. The number of nitrogens with one attached hydrogen (secondary N) is 1. The maximum atomic E-state index is 12.8. The standard InChI is InChI=1S/C25H30N4O3/c1-17-26-21-7-5-6-8-22(21)29(17)20-11-9-18(10-12-20)23(30)27-19-13-15-28(16-14-19)24(31)32-25(2,3)4/h5-12,19H,13-16H2,1-4H3,(H,27,30). The van der Waals surface area contributed by atoms with E-state index in [-0.39, 0.29) is 18.0 Å². The molecule has 1 N–H and O–H groups in total. The summed E-state index contributed by atoms with van der Waals surface area (Å²) in [5.74, 6) is 0.805. The van der Waals surface area contributed by atoms with E-state index in [0.717, 1.165) is 22.5 Å². The van der Waals surface area contributed by atoms with Crippen LogP contribution in [0.15, 0.2) is 48.5 Å². The number of hydrogen-bond donors (Lipinski definition) is 1. The van der Waals surface area contributed by atoms with Gasteiger partial charge in [0.2, 0.25) is 0 Å². The van der Waals surface area contributed by atoms with Crippen LogP contribution < -0.4 is 5.32 Å². The molecule has 0 saturated carbocycles. The first-order chi connectivity index (χ1) is 15.2. The van der Waals surface area contributed by atoms with Crippen molar-refractivity contribution in [2.45, 2.75) is 52.2 Å². The number of fused-ring (bicyclic) bond motifs is 1. The van der Waals surface area contributed by atoms with Crippen LogP contribution in [0.1, 0.15) is 49.8 Å². The van der Waals surface area contributed by atoms with Crippen LogP contribution in [0.2, 0.25) is 0 Å². The van der Waals surface area contributed by atoms with E-state index in [1.54, 1.807) is 4.90 Å². The molecule has 4 rings (SSSR count). The summed E-state index contributed by atoms with van der Waals surface area (Å²) in [6, 6.07) is 15.6. The number of aromatic nitrogens is 2. The topological polar surface area (TPSA) is 76.5 Å². The minimum absolute atomic E-state index is 0.0423. The second-order valence-electron chi connectivity index (χ2n) is 9.25. The van der Waals surface area contributed by atoms with Gasteiger partial charge < -0.3 is 15.0 Å². The minimum atomic E-state index is -0.504. The van der Waals surface area contributed by atoms with Gasteiger partial charge in [0.1, 0.15) is 11.4 Å². The van der Waals surface area contributed by atoms with Gasteiger partial charge in [-0.1, -0.05) is 12.1 Å². The summed E-state index contributed by atoms with van der Waals surface area (Å²) in [6.45, 7) is 8.71. The van der Waals surface area contributed by atoms with Crippen LogP contribution in [-0.2, 0) is 4.74 Å². The van der Waals surface area contributed by atoms with Crippen LogP contribution in [0.5, 0.6) is 0 Å². The van der Waals surface area contributed by atoms with Gasteiger partial charge in [-0.25, -0.2) is 9.78 Å². The first-order valence-electron chi connectivity index (χ1n) is 11.0. The van der Waals surface area contributed by atoms with E-state index in [2.05, 4.69) is 14.9 Å². The largest absolute Gasteiger partial charge is 0.444 e. The second-order valence-corrected chi connectivity index (χ2v) is 9.25. The Labute approximate surface area is 188 Å². The zero-order valence-corrected chi connectivity index (χ0v) is 19.1. The summed E-state index contributed by atoms with van der Waals surface area (Å²) >= 11 is 0. The lowest BCUT2D eigenvalue weighted by Gasteiger charge is -2.33. The molecule has 1 aliphatic rings. The molecule has 1 aliphatic heterocycles. The molecule has 1 fully saturated rings. The Morgan fingerprint density at radius 3 is 2.34 bits per heavy atom. The van der Waals surface area contributed by atoms with Crippen LogP contribution in [0, 0.1) is 6.92 Å². The molecule has 7 nitrogen and oxygen atoms in total. The van der Waals surface area contributed by atoms with Crippen LogP contribution in [-0.4, -0.2) is 51.2 Å². The normalized spacial score (nSPS) is 15.1. The highest BCUT2D eigenvalue weighted by Crippen LogP contribution is 2.22. The van der Waals surface area contributed by atoms with E-state index in [4.69, 9.17) is 4.74 Å². The van der Waals surface area contributed by atoms with Gasteiger partial charge in [-0.3, -0.25) is 9.36 Å². The predicted octanol–water partition coefficient (Wildman–Crippen LogP) is 4.46. The van der Waals surface area contributed by atoms with Crippen molar-refractivity contribution in [3.8, 4) is 5.69 Å². The number of carbonyl (C=O) groups is 2. The zero-order valence-electron chi connectivity index (χ0n) is 19.1. The number of rotatable bonds is 3. The summed E-state index contributed by atoms with van der Waals surface area (Å²) in [4.78, 5) is 31.3. The molecule has 0 bridgehead atoms. The summed E-state index contributed by atoms with van der Waals surface area (Å²) < 4.78 is 7.52. The molecule has 1 saturated heterocycles. The molecule has 7 heteroatoms. The molecule has 0 unspecified atom stereocenters. The number of ether oxygens (including phenoxy) is 1. The monoisotopic (exact) mass is 434 g/mol. The van der Waals surface area contributed by atoms with Crippen molar-refractivity contribution >= 4 is 23.0 Å². The second kappa shape index (κ2) is 8.65. The molecule has 2 amide bonds. The first-order valence-corrected chi connectivity index (χ1v) is 11.0. The first kappa shape index (κ1) is 21.9. The zero-order chi connectivity index (χ0) is 22.9. The number of hydrogen-bond acceptors (Lipinski definition) is 4. The molecule has 2 heterocycles. The van der Waals surface area contributed by atoms with E-state index in [0.29, 0.717) is 31.5 Å². The molecular weight excluding hydrogens is 404 g/mol. The van der Waals surface area contributed by atoms with Gasteiger partial charge in [0.25, 0.3) is 5.91 Å². The van der Waals surface area contributed by atoms with Gasteiger partial charge in [0.05, 0.1) is 11.0 Å². The van der Waals surface area contributed by atoms with Gasteiger partial charge in [-0.05, 0) is 76.9 Å². The number of likely N-dealkylation sites (tertiary alicyclic amines) is 1. The maximum Gasteiger partial charge on any atom is 0.410 e. The van der Waals surface area contributed by atoms with Crippen molar-refractivity contribution < 1.29 is 14.3 Å². The smallest absolute Gasteiger partial charge is 0.410 e. The van der Waals surface area contributed by atoms with Crippen molar-refractivity contribution in [1.29, 1.82) is 0 Å². The maximum absolute atomic E-state index is 12.8. The number of para-hydroxylation sites is 2. The lowest BCUT2D eigenvalue weighted by atomic mass is 10.0. The van der Waals surface area contributed by atoms with Gasteiger partial charge in [0, 0.05) is 30.4 Å². The number of nitrogens with zero attached hydrogens (tertiary/aromatic N) is 3. The number of piperidine rings is 1. The molecule has 0 atom stereocenters. The lowest BCUT2D eigenvalue weighted by molar-refractivity contribution is 0.0199. The molecule has 2 aromatic carbocycles. The van der Waals surface area contributed by atoms with Gasteiger partial charge in [0.15, 0.2) is 0 Å². The number of amides is 2. The molecule has 1 aromatic heterocycles. The summed E-state index contributed by atoms with van der Waals surface area (Å²) in [7, 11) is 0. The van der Waals surface area contributed by atoms with Crippen LogP contribution >= 0.6 is 0 Å². The van der Waals surface area contributed by atoms with E-state index in [9.17, 15) is 9.59 Å². The van der Waals surface area contributed by atoms with Crippen molar-refractivity contribution in [2.75, 3.05) is 13.1 Å². The number of aryl methyl sites for hydroxylation is 1. The third-order valence-electron chi connectivity index (χ3n) is 5.60. The van der Waals surface area contributed by atoms with Crippen LogP contribution in [0.3, 0.4) is 0 Å². The Morgan fingerprint density at radius 2 is 1.69 bits per heavy atom. The highest BCUT2D eigenvalue weighted by Gasteiger charge is 2.27. The number of imidazole rings is 1. The van der Waals surface area contributed by atoms with Crippen molar-refractivity contribution in [2.24, 2.45) is 0 Å². The molecule has 0 aliphatic carbocycles. The van der Waals surface area contributed by atoms with E-state index in [1.807, 2.05) is 76.2 Å². The fraction of sp³-hybridized carbons (Fsp3) is 0.400. The molecule has 168 valence electrons. The average molecular weight is 435 g/mol. The highest BCUT2D eigenvalue weighted by atomic mass is 16.6. The number of carbonyl (C=O) groups excluding carboxylic acids is 2. The van der Waals surface area contributed by atoms with E-state index >= 15 is 0 Å². The molecule has 3 aromatic rings. The van der Waals surface area contributed by atoms with Crippen LogP contribution in [0.4, 0.5) is 4.79 Å². The summed E-state index contributed by atoms with van der Waals surface area (Å²) in [6.07, 6.45) is 1.13. The Kier molecular flexibility index (Phi) is 5.91. The van der Waals surface area contributed by atoms with E-state index < -0.39 is 5.60 Å². The predicted molar refractivity (Wildman–Crippen MR) is 124 cm³/mol. The Hall–Kier alpha value is -3.35. The van der Waals surface area contributed by atoms with Crippen LogP contribution in [0.25, 0.3) is 16.7 Å². The van der Waals surface area contributed by atoms with Gasteiger partial charge >= 0.3 is 6.09 Å². The molecule has 0 radical (unpaired) electrons. The van der Waals surface area contributed by atoms with Crippen molar-refractivity contribution in [3.63, 3.8) is 0 Å². The Balaban J connectivity index is 1.37. The summed E-state index contributed by atoms with van der Waals surface area (Å²) in [5, 5.41) is 3.10. The average Bonchev–Trinajstić information content (AvgIpc) is 3.08. The Bertz CT molecular complexity index is 1120. The highest BCUT2D eigenvalue weighted by molar-refractivity contribution is 5.94. The van der Waals surface area contributed by atoms with E-state index in [1.165, 1.54) is 0 Å². The lowest BCUT2D eigenvalue weighted by Crippen LogP contribution is -2.47. The minimum Gasteiger partial charge on any atom is -0.444 e. The molecular formula is C25H30N4O3. The Morgan fingerprint density at radius 1 is 1.03 bits per heavy atom. The van der Waals surface area contributed by atoms with Crippen molar-refractivity contribution in [3.05, 3.63) is 59.9 Å². The SMILES string of the molecule is Cc1nc2ccccc2n1-c1ccc(C(=O)NC2CCN(C(=O)OC(C)(C)C)CC2)cc1. The van der Waals surface area contributed by atoms with Gasteiger partial charge in [-0.15, -0.1) is 0 Å². The quantitative estimate of drug-likeness (QED) is 0.660. The molecule has 32 heavy (non-hydrogen) atoms. The third kappa shape index (κ3) is 4.77. The van der Waals surface area contributed by atoms with Crippen molar-refractivity contribution in [1.82, 2.24) is 19.8 Å². The fourth-order valence-corrected chi connectivity index (χ4v) is 4.04. The number of benzene rings is 2. The molecule has 0 spiro atoms.